The molecule has 82 valence electrons. The van der Waals surface area contributed by atoms with Gasteiger partial charge < -0.3 is 10.5 Å². The van der Waals surface area contributed by atoms with E-state index in [0.29, 0.717) is 6.42 Å². The van der Waals surface area contributed by atoms with Crippen molar-refractivity contribution in [2.45, 2.75) is 25.7 Å². The quantitative estimate of drug-likeness (QED) is 0.630. The first-order valence-electron chi connectivity index (χ1n) is 5.37. The number of amides is 1. The predicted molar refractivity (Wildman–Crippen MR) is 54.9 cm³/mol. The molecule has 0 aromatic heterocycles. The molecule has 0 aromatic carbocycles. The molecule has 1 saturated heterocycles. The summed E-state index contributed by atoms with van der Waals surface area (Å²) < 4.78 is 5.26. The molecule has 0 spiro atoms. The fourth-order valence-corrected chi connectivity index (χ4v) is 1.64. The van der Waals surface area contributed by atoms with E-state index in [-0.39, 0.29) is 5.91 Å². The molecular weight excluding hydrogens is 180 g/mol. The molecule has 0 saturated carbocycles. The van der Waals surface area contributed by atoms with Crippen LogP contribution in [0.3, 0.4) is 0 Å². The Hall–Kier alpha value is -0.610. The Morgan fingerprint density at radius 2 is 1.93 bits per heavy atom. The molecule has 0 aromatic rings. The SMILES string of the molecule is NC(=O)CCCCCN1CCOCC1. The average molecular weight is 200 g/mol. The zero-order chi connectivity index (χ0) is 10.2. The van der Waals surface area contributed by atoms with Gasteiger partial charge in [0.15, 0.2) is 0 Å². The number of carbonyl (C=O) groups excluding carboxylic acids is 1. The molecule has 4 nitrogen and oxygen atoms in total. The number of nitrogens with zero attached hydrogens (tertiary/aromatic N) is 1. The number of hydrogen-bond acceptors (Lipinski definition) is 3. The summed E-state index contributed by atoms with van der Waals surface area (Å²) in [5.74, 6) is -0.184. The van der Waals surface area contributed by atoms with Crippen LogP contribution < -0.4 is 5.73 Å². The van der Waals surface area contributed by atoms with Crippen LogP contribution >= 0.6 is 0 Å². The number of primary amides is 1. The molecule has 0 aliphatic carbocycles. The molecule has 2 N–H and O–H groups in total. The topological polar surface area (TPSA) is 55.6 Å². The van der Waals surface area contributed by atoms with Crippen LogP contribution in [-0.4, -0.2) is 43.7 Å². The summed E-state index contributed by atoms with van der Waals surface area (Å²) in [6, 6.07) is 0. The molecule has 0 radical (unpaired) electrons. The van der Waals surface area contributed by atoms with Crippen LogP contribution in [0.1, 0.15) is 25.7 Å². The Morgan fingerprint density at radius 3 is 2.57 bits per heavy atom. The van der Waals surface area contributed by atoms with Gasteiger partial charge in [0.2, 0.25) is 5.91 Å². The van der Waals surface area contributed by atoms with Gasteiger partial charge in [-0.2, -0.15) is 0 Å². The Bertz CT molecular complexity index is 168. The van der Waals surface area contributed by atoms with Crippen molar-refractivity contribution >= 4 is 5.91 Å². The fourth-order valence-electron chi connectivity index (χ4n) is 1.64. The highest BCUT2D eigenvalue weighted by atomic mass is 16.5. The average Bonchev–Trinajstić information content (AvgIpc) is 2.18. The molecule has 1 aliphatic rings. The van der Waals surface area contributed by atoms with Gasteiger partial charge in [-0.3, -0.25) is 9.69 Å². The van der Waals surface area contributed by atoms with E-state index in [9.17, 15) is 4.79 Å². The lowest BCUT2D eigenvalue weighted by atomic mass is 10.2. The Morgan fingerprint density at radius 1 is 1.21 bits per heavy atom. The normalized spacial score (nSPS) is 18.3. The van der Waals surface area contributed by atoms with E-state index < -0.39 is 0 Å². The summed E-state index contributed by atoms with van der Waals surface area (Å²) >= 11 is 0. The molecule has 4 heteroatoms. The third-order valence-corrected chi connectivity index (χ3v) is 2.50. The monoisotopic (exact) mass is 200 g/mol. The Kier molecular flexibility index (Phi) is 5.56. The number of nitrogens with two attached hydrogens (primary N) is 1. The van der Waals surface area contributed by atoms with Crippen LogP contribution in [0, 0.1) is 0 Å². The van der Waals surface area contributed by atoms with Gasteiger partial charge in [-0.1, -0.05) is 6.42 Å². The number of ether oxygens (including phenoxy) is 1. The van der Waals surface area contributed by atoms with Crippen molar-refractivity contribution in [2.24, 2.45) is 5.73 Å². The summed E-state index contributed by atoms with van der Waals surface area (Å²) in [7, 11) is 0. The lowest BCUT2D eigenvalue weighted by molar-refractivity contribution is -0.118. The number of carbonyl (C=O) groups is 1. The third-order valence-electron chi connectivity index (χ3n) is 2.50. The highest BCUT2D eigenvalue weighted by Crippen LogP contribution is 2.03. The minimum atomic E-state index is -0.184. The van der Waals surface area contributed by atoms with Crippen LogP contribution in [-0.2, 0) is 9.53 Å². The molecule has 1 aliphatic heterocycles. The van der Waals surface area contributed by atoms with Crippen molar-refractivity contribution in [3.63, 3.8) is 0 Å². The lowest BCUT2D eigenvalue weighted by Gasteiger charge is -2.26. The summed E-state index contributed by atoms with van der Waals surface area (Å²) in [5, 5.41) is 0. The second-order valence-corrected chi connectivity index (χ2v) is 3.73. The minimum absolute atomic E-state index is 0.184. The number of unbranched alkanes of at least 4 members (excludes halogenated alkanes) is 2. The van der Waals surface area contributed by atoms with Crippen LogP contribution in [0.25, 0.3) is 0 Å². The molecule has 0 atom stereocenters. The Balaban J connectivity index is 1.90. The van der Waals surface area contributed by atoms with Gasteiger partial charge in [-0.05, 0) is 19.4 Å². The summed E-state index contributed by atoms with van der Waals surface area (Å²) in [4.78, 5) is 12.9. The van der Waals surface area contributed by atoms with Gasteiger partial charge in [0.25, 0.3) is 0 Å². The first-order chi connectivity index (χ1) is 6.79. The first kappa shape index (κ1) is 11.5. The van der Waals surface area contributed by atoms with E-state index in [1.54, 1.807) is 0 Å². The van der Waals surface area contributed by atoms with E-state index in [4.69, 9.17) is 10.5 Å². The predicted octanol–water partition coefficient (Wildman–Crippen LogP) is 0.364. The minimum Gasteiger partial charge on any atom is -0.379 e. The van der Waals surface area contributed by atoms with E-state index in [1.165, 1.54) is 0 Å². The number of hydrogen-bond donors (Lipinski definition) is 1. The maximum Gasteiger partial charge on any atom is 0.217 e. The lowest BCUT2D eigenvalue weighted by Crippen LogP contribution is -2.36. The molecule has 1 amide bonds. The van der Waals surface area contributed by atoms with Gasteiger partial charge in [0, 0.05) is 19.5 Å². The second-order valence-electron chi connectivity index (χ2n) is 3.73. The van der Waals surface area contributed by atoms with Crippen LogP contribution in [0.2, 0.25) is 0 Å². The highest BCUT2D eigenvalue weighted by Gasteiger charge is 2.08. The van der Waals surface area contributed by atoms with E-state index >= 15 is 0 Å². The molecule has 1 fully saturated rings. The standard InChI is InChI=1S/C10H20N2O2/c11-10(13)4-2-1-3-5-12-6-8-14-9-7-12/h1-9H2,(H2,11,13). The highest BCUT2D eigenvalue weighted by molar-refractivity contribution is 5.73. The number of morpholine rings is 1. The fraction of sp³-hybridized carbons (Fsp3) is 0.900. The maximum atomic E-state index is 10.5. The summed E-state index contributed by atoms with van der Waals surface area (Å²) in [6.45, 7) is 4.95. The van der Waals surface area contributed by atoms with Gasteiger partial charge >= 0.3 is 0 Å². The second kappa shape index (κ2) is 6.79. The maximum absolute atomic E-state index is 10.5. The number of rotatable bonds is 6. The van der Waals surface area contributed by atoms with E-state index in [1.807, 2.05) is 0 Å². The molecule has 14 heavy (non-hydrogen) atoms. The van der Waals surface area contributed by atoms with Crippen molar-refractivity contribution in [3.8, 4) is 0 Å². The van der Waals surface area contributed by atoms with Crippen LogP contribution in [0.5, 0.6) is 0 Å². The van der Waals surface area contributed by atoms with Crippen LogP contribution in [0.4, 0.5) is 0 Å². The van der Waals surface area contributed by atoms with Gasteiger partial charge in [0.05, 0.1) is 13.2 Å². The Labute approximate surface area is 85.4 Å². The molecule has 0 unspecified atom stereocenters. The zero-order valence-electron chi connectivity index (χ0n) is 8.71. The van der Waals surface area contributed by atoms with Crippen molar-refractivity contribution in [1.82, 2.24) is 4.90 Å². The van der Waals surface area contributed by atoms with Gasteiger partial charge in [-0.15, -0.1) is 0 Å². The van der Waals surface area contributed by atoms with Crippen molar-refractivity contribution in [2.75, 3.05) is 32.8 Å². The van der Waals surface area contributed by atoms with Gasteiger partial charge in [-0.25, -0.2) is 0 Å². The molecular formula is C10H20N2O2. The van der Waals surface area contributed by atoms with Crippen molar-refractivity contribution in [1.29, 1.82) is 0 Å². The zero-order valence-corrected chi connectivity index (χ0v) is 8.71. The van der Waals surface area contributed by atoms with Gasteiger partial charge in [0.1, 0.15) is 0 Å². The van der Waals surface area contributed by atoms with E-state index in [0.717, 1.165) is 52.1 Å². The first-order valence-corrected chi connectivity index (χ1v) is 5.37. The molecule has 0 bridgehead atoms. The third kappa shape index (κ3) is 5.19. The van der Waals surface area contributed by atoms with Crippen LogP contribution in [0.15, 0.2) is 0 Å². The van der Waals surface area contributed by atoms with Crippen molar-refractivity contribution < 1.29 is 9.53 Å². The van der Waals surface area contributed by atoms with Crippen molar-refractivity contribution in [3.05, 3.63) is 0 Å². The molecule has 1 heterocycles. The van der Waals surface area contributed by atoms with E-state index in [2.05, 4.69) is 4.90 Å². The summed E-state index contributed by atoms with van der Waals surface area (Å²) in [5.41, 5.74) is 5.05. The molecule has 1 rings (SSSR count). The largest absolute Gasteiger partial charge is 0.379 e. The summed E-state index contributed by atoms with van der Waals surface area (Å²) in [6.07, 6.45) is 3.72. The smallest absolute Gasteiger partial charge is 0.217 e.